The number of hydroxylamine groups is 1. The number of hydrogen-bond donors (Lipinski definition) is 2. The standard InChI is InChI=1S/C3H5NO3/c5-1-3(2-6)4-7/h1-4,7H. The molecule has 0 aromatic carbocycles. The van der Waals surface area contributed by atoms with E-state index in [1.54, 1.807) is 0 Å². The second kappa shape index (κ2) is 3.45. The summed E-state index contributed by atoms with van der Waals surface area (Å²) in [7, 11) is 0. The van der Waals surface area contributed by atoms with Crippen LogP contribution in [-0.4, -0.2) is 23.8 Å². The Morgan fingerprint density at radius 1 is 1.43 bits per heavy atom. The Kier molecular flexibility index (Phi) is 3.09. The third-order valence-electron chi connectivity index (χ3n) is 0.442. The molecule has 0 atom stereocenters. The third-order valence-corrected chi connectivity index (χ3v) is 0.442. The van der Waals surface area contributed by atoms with Gasteiger partial charge in [-0.1, -0.05) is 0 Å². The Morgan fingerprint density at radius 2 is 1.86 bits per heavy atom. The maximum atomic E-state index is 9.51. The summed E-state index contributed by atoms with van der Waals surface area (Å²) in [5, 5.41) is 7.81. The van der Waals surface area contributed by atoms with Crippen LogP contribution in [-0.2, 0) is 9.59 Å². The van der Waals surface area contributed by atoms with Gasteiger partial charge >= 0.3 is 0 Å². The van der Waals surface area contributed by atoms with E-state index in [-0.39, 0.29) is 0 Å². The van der Waals surface area contributed by atoms with E-state index < -0.39 is 6.04 Å². The van der Waals surface area contributed by atoms with Crippen LogP contribution < -0.4 is 5.48 Å². The van der Waals surface area contributed by atoms with Crippen LogP contribution in [0.25, 0.3) is 0 Å². The van der Waals surface area contributed by atoms with Crippen molar-refractivity contribution >= 4 is 12.6 Å². The normalized spacial score (nSPS) is 8.86. The first-order valence-electron chi connectivity index (χ1n) is 1.65. The van der Waals surface area contributed by atoms with Gasteiger partial charge in [-0.25, -0.2) is 0 Å². The molecule has 0 amide bonds. The van der Waals surface area contributed by atoms with Gasteiger partial charge in [0.25, 0.3) is 0 Å². The molecule has 0 radical (unpaired) electrons. The Balaban J connectivity index is 3.36. The number of aldehydes is 2. The average Bonchev–Trinajstić information content (AvgIpc) is 1.72. The molecule has 0 saturated carbocycles. The maximum Gasteiger partial charge on any atom is 0.146 e. The number of carbonyl (C=O) groups is 2. The zero-order valence-corrected chi connectivity index (χ0v) is 3.50. The maximum absolute atomic E-state index is 9.51. The molecule has 4 nitrogen and oxygen atoms in total. The van der Waals surface area contributed by atoms with Crippen LogP contribution in [0.2, 0.25) is 0 Å². The van der Waals surface area contributed by atoms with E-state index in [2.05, 4.69) is 0 Å². The van der Waals surface area contributed by atoms with Crippen LogP contribution >= 0.6 is 0 Å². The van der Waals surface area contributed by atoms with Crippen LogP contribution in [0.4, 0.5) is 0 Å². The van der Waals surface area contributed by atoms with E-state index in [1.165, 1.54) is 5.48 Å². The molecule has 0 spiro atoms. The summed E-state index contributed by atoms with van der Waals surface area (Å²) >= 11 is 0. The van der Waals surface area contributed by atoms with E-state index in [0.29, 0.717) is 12.6 Å². The van der Waals surface area contributed by atoms with Crippen molar-refractivity contribution in [2.75, 3.05) is 0 Å². The Hall–Kier alpha value is -0.740. The minimum absolute atomic E-state index is 0.299. The van der Waals surface area contributed by atoms with Crippen LogP contribution in [0, 0.1) is 0 Å². The van der Waals surface area contributed by atoms with Crippen molar-refractivity contribution in [3.8, 4) is 0 Å². The van der Waals surface area contributed by atoms with Gasteiger partial charge in [0, 0.05) is 0 Å². The van der Waals surface area contributed by atoms with Gasteiger partial charge < -0.3 is 14.8 Å². The van der Waals surface area contributed by atoms with Gasteiger partial charge in [0.1, 0.15) is 18.6 Å². The minimum atomic E-state index is -1.07. The molecule has 2 N–H and O–H groups in total. The van der Waals surface area contributed by atoms with Gasteiger partial charge in [0.05, 0.1) is 0 Å². The van der Waals surface area contributed by atoms with Gasteiger partial charge in [-0.15, -0.1) is 0 Å². The lowest BCUT2D eigenvalue weighted by atomic mass is 10.4. The highest BCUT2D eigenvalue weighted by Crippen LogP contribution is 1.61. The second-order valence-electron chi connectivity index (χ2n) is 0.927. The highest BCUT2D eigenvalue weighted by atomic mass is 16.5. The van der Waals surface area contributed by atoms with Gasteiger partial charge in [-0.2, -0.15) is 5.48 Å². The Labute approximate surface area is 40.1 Å². The molecule has 0 aliphatic heterocycles. The van der Waals surface area contributed by atoms with Crippen LogP contribution in [0.3, 0.4) is 0 Å². The molecule has 4 heteroatoms. The predicted octanol–water partition coefficient (Wildman–Crippen LogP) is -1.27. The third kappa shape index (κ3) is 2.02. The number of rotatable bonds is 3. The molecular weight excluding hydrogens is 98.0 g/mol. The molecule has 0 saturated heterocycles. The molecule has 0 rings (SSSR count). The summed E-state index contributed by atoms with van der Waals surface area (Å²) in [6.07, 6.45) is 0.597. The molecule has 0 heterocycles. The summed E-state index contributed by atoms with van der Waals surface area (Å²) in [6, 6.07) is -1.07. The van der Waals surface area contributed by atoms with Crippen molar-refractivity contribution in [3.05, 3.63) is 0 Å². The van der Waals surface area contributed by atoms with Gasteiger partial charge in [-0.05, 0) is 0 Å². The lowest BCUT2D eigenvalue weighted by Crippen LogP contribution is -2.28. The summed E-state index contributed by atoms with van der Waals surface area (Å²) in [6.45, 7) is 0. The predicted molar refractivity (Wildman–Crippen MR) is 20.8 cm³/mol. The quantitative estimate of drug-likeness (QED) is 0.265. The fraction of sp³-hybridized carbons (Fsp3) is 0.333. The molecule has 0 fully saturated rings. The van der Waals surface area contributed by atoms with Gasteiger partial charge in [0.2, 0.25) is 0 Å². The van der Waals surface area contributed by atoms with Crippen molar-refractivity contribution in [1.82, 2.24) is 5.48 Å². The van der Waals surface area contributed by atoms with Crippen molar-refractivity contribution in [2.45, 2.75) is 6.04 Å². The number of carbonyl (C=O) groups excluding carboxylic acids is 2. The summed E-state index contributed by atoms with van der Waals surface area (Å²) < 4.78 is 0. The number of hydrogen-bond acceptors (Lipinski definition) is 4. The van der Waals surface area contributed by atoms with Crippen LogP contribution in [0.15, 0.2) is 0 Å². The van der Waals surface area contributed by atoms with Crippen molar-refractivity contribution in [2.24, 2.45) is 0 Å². The lowest BCUT2D eigenvalue weighted by molar-refractivity contribution is -0.120. The van der Waals surface area contributed by atoms with E-state index in [4.69, 9.17) is 5.21 Å². The molecule has 0 aromatic rings. The lowest BCUT2D eigenvalue weighted by Gasteiger charge is -1.91. The number of nitrogens with one attached hydrogen (secondary N) is 1. The molecular formula is C3H5NO3. The highest BCUT2D eigenvalue weighted by molar-refractivity contribution is 5.81. The molecule has 0 aliphatic carbocycles. The van der Waals surface area contributed by atoms with Crippen LogP contribution in [0.5, 0.6) is 0 Å². The molecule has 0 unspecified atom stereocenters. The fourth-order valence-corrected chi connectivity index (χ4v) is 0.0929. The SMILES string of the molecule is O=CC(C=O)NO. The van der Waals surface area contributed by atoms with E-state index >= 15 is 0 Å². The van der Waals surface area contributed by atoms with Gasteiger partial charge in [-0.3, -0.25) is 0 Å². The van der Waals surface area contributed by atoms with Crippen molar-refractivity contribution in [3.63, 3.8) is 0 Å². The largest absolute Gasteiger partial charge is 0.316 e. The molecule has 7 heavy (non-hydrogen) atoms. The van der Waals surface area contributed by atoms with E-state index in [1.807, 2.05) is 0 Å². The average molecular weight is 103 g/mol. The molecule has 40 valence electrons. The van der Waals surface area contributed by atoms with Crippen LogP contribution in [0.1, 0.15) is 0 Å². The first-order valence-corrected chi connectivity index (χ1v) is 1.65. The molecule has 0 aromatic heterocycles. The van der Waals surface area contributed by atoms with E-state index in [0.717, 1.165) is 0 Å². The summed E-state index contributed by atoms with van der Waals surface area (Å²) in [5.74, 6) is 0. The minimum Gasteiger partial charge on any atom is -0.316 e. The smallest absolute Gasteiger partial charge is 0.146 e. The fourth-order valence-electron chi connectivity index (χ4n) is 0.0929. The first kappa shape index (κ1) is 6.26. The molecule has 0 aliphatic rings. The van der Waals surface area contributed by atoms with Crippen molar-refractivity contribution < 1.29 is 14.8 Å². The second-order valence-corrected chi connectivity index (χ2v) is 0.927. The first-order chi connectivity index (χ1) is 3.35. The zero-order valence-electron chi connectivity index (χ0n) is 3.50. The topological polar surface area (TPSA) is 66.4 Å². The Morgan fingerprint density at radius 3 is 1.86 bits per heavy atom. The van der Waals surface area contributed by atoms with Gasteiger partial charge in [0.15, 0.2) is 0 Å². The highest BCUT2D eigenvalue weighted by Gasteiger charge is 1.97. The molecule has 0 bridgehead atoms. The monoisotopic (exact) mass is 103 g/mol. The van der Waals surface area contributed by atoms with Crippen molar-refractivity contribution in [1.29, 1.82) is 0 Å². The van der Waals surface area contributed by atoms with E-state index in [9.17, 15) is 9.59 Å². The summed E-state index contributed by atoms with van der Waals surface area (Å²) in [5.41, 5.74) is 1.47. The summed E-state index contributed by atoms with van der Waals surface area (Å²) in [4.78, 5) is 19.0. The Bertz CT molecular complexity index is 64.6. The zero-order chi connectivity index (χ0) is 5.70.